The fraction of sp³-hybridized carbons (Fsp3) is 0.316. The SMILES string of the molecule is CC1CN(c2nccc(Nc3ccc(-c4cn[nH]c4)cc3)n2)CC(C)N1. The third-order valence-electron chi connectivity index (χ3n) is 4.47. The molecule has 3 heterocycles. The van der Waals surface area contributed by atoms with Crippen molar-refractivity contribution in [3.63, 3.8) is 0 Å². The molecule has 1 aliphatic heterocycles. The minimum absolute atomic E-state index is 0.425. The normalized spacial score (nSPS) is 20.2. The maximum Gasteiger partial charge on any atom is 0.227 e. The van der Waals surface area contributed by atoms with Gasteiger partial charge in [0.15, 0.2) is 0 Å². The van der Waals surface area contributed by atoms with Crippen LogP contribution in [0.2, 0.25) is 0 Å². The van der Waals surface area contributed by atoms with Crippen LogP contribution in [0.4, 0.5) is 17.5 Å². The summed E-state index contributed by atoms with van der Waals surface area (Å²) < 4.78 is 0. The molecule has 2 aromatic heterocycles. The Morgan fingerprint density at radius 1 is 1.04 bits per heavy atom. The summed E-state index contributed by atoms with van der Waals surface area (Å²) >= 11 is 0. The number of benzene rings is 1. The average Bonchev–Trinajstić information content (AvgIpc) is 3.16. The maximum atomic E-state index is 4.69. The van der Waals surface area contributed by atoms with Gasteiger partial charge in [-0.05, 0) is 37.6 Å². The minimum Gasteiger partial charge on any atom is -0.340 e. The highest BCUT2D eigenvalue weighted by Gasteiger charge is 2.22. The molecule has 1 aromatic carbocycles. The molecule has 1 saturated heterocycles. The molecule has 0 bridgehead atoms. The molecule has 0 amide bonds. The van der Waals surface area contributed by atoms with E-state index in [-0.39, 0.29) is 0 Å². The zero-order valence-corrected chi connectivity index (χ0v) is 15.0. The van der Waals surface area contributed by atoms with E-state index in [9.17, 15) is 0 Å². The van der Waals surface area contributed by atoms with Crippen molar-refractivity contribution in [2.24, 2.45) is 0 Å². The van der Waals surface area contributed by atoms with Crippen LogP contribution in [0.5, 0.6) is 0 Å². The summed E-state index contributed by atoms with van der Waals surface area (Å²) in [6.07, 6.45) is 5.51. The van der Waals surface area contributed by atoms with E-state index in [4.69, 9.17) is 4.98 Å². The lowest BCUT2D eigenvalue weighted by Crippen LogP contribution is -2.54. The summed E-state index contributed by atoms with van der Waals surface area (Å²) in [4.78, 5) is 11.4. The summed E-state index contributed by atoms with van der Waals surface area (Å²) in [5, 5.41) is 13.7. The lowest BCUT2D eigenvalue weighted by Gasteiger charge is -2.36. The van der Waals surface area contributed by atoms with E-state index >= 15 is 0 Å². The van der Waals surface area contributed by atoms with Crippen LogP contribution in [0.3, 0.4) is 0 Å². The zero-order chi connectivity index (χ0) is 17.9. The van der Waals surface area contributed by atoms with Gasteiger partial charge in [0.05, 0.1) is 6.20 Å². The largest absolute Gasteiger partial charge is 0.340 e. The van der Waals surface area contributed by atoms with Crippen LogP contribution in [-0.4, -0.2) is 45.3 Å². The number of H-pyrrole nitrogens is 1. The van der Waals surface area contributed by atoms with Crippen molar-refractivity contribution in [1.82, 2.24) is 25.5 Å². The van der Waals surface area contributed by atoms with E-state index in [1.54, 1.807) is 0 Å². The summed E-state index contributed by atoms with van der Waals surface area (Å²) in [5.74, 6) is 1.56. The first kappa shape index (κ1) is 16.5. The highest BCUT2D eigenvalue weighted by atomic mass is 15.3. The van der Waals surface area contributed by atoms with Crippen LogP contribution < -0.4 is 15.5 Å². The molecule has 7 nitrogen and oxygen atoms in total. The second kappa shape index (κ2) is 7.13. The van der Waals surface area contributed by atoms with Crippen LogP contribution in [0.1, 0.15) is 13.8 Å². The first-order valence-corrected chi connectivity index (χ1v) is 8.87. The molecule has 0 radical (unpaired) electrons. The van der Waals surface area contributed by atoms with Crippen LogP contribution in [0, 0.1) is 0 Å². The molecule has 2 unspecified atom stereocenters. The van der Waals surface area contributed by atoms with Gasteiger partial charge >= 0.3 is 0 Å². The molecule has 0 spiro atoms. The molecule has 7 heteroatoms. The molecular weight excluding hydrogens is 326 g/mol. The van der Waals surface area contributed by atoms with Gasteiger partial charge in [0.2, 0.25) is 5.95 Å². The van der Waals surface area contributed by atoms with Crippen molar-refractivity contribution in [2.45, 2.75) is 25.9 Å². The summed E-state index contributed by atoms with van der Waals surface area (Å²) in [7, 11) is 0. The summed E-state index contributed by atoms with van der Waals surface area (Å²) in [6, 6.07) is 11.0. The van der Waals surface area contributed by atoms with Gasteiger partial charge in [-0.2, -0.15) is 10.1 Å². The highest BCUT2D eigenvalue weighted by Crippen LogP contribution is 2.22. The smallest absolute Gasteiger partial charge is 0.227 e. The molecular formula is C19H23N7. The van der Waals surface area contributed by atoms with Gasteiger partial charge in [0.1, 0.15) is 5.82 Å². The first-order valence-electron chi connectivity index (χ1n) is 8.87. The van der Waals surface area contributed by atoms with Crippen LogP contribution in [-0.2, 0) is 0 Å². The topological polar surface area (TPSA) is 81.8 Å². The van der Waals surface area contributed by atoms with Crippen molar-refractivity contribution < 1.29 is 0 Å². The second-order valence-electron chi connectivity index (χ2n) is 6.80. The van der Waals surface area contributed by atoms with Gasteiger partial charge in [-0.1, -0.05) is 12.1 Å². The summed E-state index contributed by atoms with van der Waals surface area (Å²) in [6.45, 7) is 6.19. The van der Waals surface area contributed by atoms with E-state index in [0.29, 0.717) is 12.1 Å². The van der Waals surface area contributed by atoms with E-state index in [1.165, 1.54) is 0 Å². The number of rotatable bonds is 4. The van der Waals surface area contributed by atoms with Crippen LogP contribution in [0.15, 0.2) is 48.9 Å². The summed E-state index contributed by atoms with van der Waals surface area (Å²) in [5.41, 5.74) is 3.18. The third kappa shape index (κ3) is 3.67. The van der Waals surface area contributed by atoms with Gasteiger partial charge in [0, 0.05) is 48.8 Å². The Morgan fingerprint density at radius 2 is 1.81 bits per heavy atom. The molecule has 0 aliphatic carbocycles. The Hall–Kier alpha value is -2.93. The van der Waals surface area contributed by atoms with Gasteiger partial charge in [-0.25, -0.2) is 4.98 Å². The lowest BCUT2D eigenvalue weighted by molar-refractivity contribution is 0.403. The Labute approximate surface area is 152 Å². The average molecular weight is 349 g/mol. The van der Waals surface area contributed by atoms with E-state index in [1.807, 2.05) is 36.8 Å². The third-order valence-corrected chi connectivity index (χ3v) is 4.47. The van der Waals surface area contributed by atoms with Gasteiger partial charge in [-0.3, -0.25) is 5.10 Å². The highest BCUT2D eigenvalue weighted by molar-refractivity contribution is 5.66. The Bertz CT molecular complexity index is 835. The van der Waals surface area contributed by atoms with E-state index in [0.717, 1.165) is 41.7 Å². The molecule has 3 N–H and O–H groups in total. The predicted octanol–water partition coefficient (Wildman–Crippen LogP) is 2.80. The fourth-order valence-corrected chi connectivity index (χ4v) is 3.36. The molecule has 2 atom stereocenters. The Kier molecular flexibility index (Phi) is 4.53. The zero-order valence-electron chi connectivity index (χ0n) is 15.0. The molecule has 3 aromatic rings. The minimum atomic E-state index is 0.425. The van der Waals surface area contributed by atoms with Crippen molar-refractivity contribution in [1.29, 1.82) is 0 Å². The molecule has 26 heavy (non-hydrogen) atoms. The quantitative estimate of drug-likeness (QED) is 0.672. The molecule has 4 rings (SSSR count). The van der Waals surface area contributed by atoms with Crippen molar-refractivity contribution in [3.8, 4) is 11.1 Å². The van der Waals surface area contributed by atoms with E-state index < -0.39 is 0 Å². The monoisotopic (exact) mass is 349 g/mol. The number of anilines is 3. The second-order valence-corrected chi connectivity index (χ2v) is 6.80. The van der Waals surface area contributed by atoms with Crippen molar-refractivity contribution in [2.75, 3.05) is 23.3 Å². The molecule has 1 aliphatic rings. The number of piperazine rings is 1. The van der Waals surface area contributed by atoms with Gasteiger partial charge in [0.25, 0.3) is 0 Å². The lowest BCUT2D eigenvalue weighted by atomic mass is 10.1. The van der Waals surface area contributed by atoms with Gasteiger partial charge in [-0.15, -0.1) is 0 Å². The Morgan fingerprint density at radius 3 is 2.50 bits per heavy atom. The number of hydrogen-bond acceptors (Lipinski definition) is 6. The number of aromatic amines is 1. The first-order chi connectivity index (χ1) is 12.7. The van der Waals surface area contributed by atoms with Crippen LogP contribution >= 0.6 is 0 Å². The Balaban J connectivity index is 1.48. The van der Waals surface area contributed by atoms with Crippen molar-refractivity contribution >= 4 is 17.5 Å². The molecule has 0 saturated carbocycles. The van der Waals surface area contributed by atoms with E-state index in [2.05, 4.69) is 56.7 Å². The number of nitrogens with zero attached hydrogens (tertiary/aromatic N) is 4. The molecule has 134 valence electrons. The molecule has 1 fully saturated rings. The van der Waals surface area contributed by atoms with Gasteiger partial charge < -0.3 is 15.5 Å². The van der Waals surface area contributed by atoms with Crippen LogP contribution in [0.25, 0.3) is 11.1 Å². The number of hydrogen-bond donors (Lipinski definition) is 3. The standard InChI is InChI=1S/C19H23N7/c1-13-11-26(12-14(2)23-13)19-20-8-7-18(25-19)24-17-5-3-15(4-6-17)16-9-21-22-10-16/h3-10,13-14,23H,11-12H2,1-2H3,(H,21,22)(H,20,24,25). The number of nitrogens with one attached hydrogen (secondary N) is 3. The fourth-order valence-electron chi connectivity index (χ4n) is 3.36. The predicted molar refractivity (Wildman–Crippen MR) is 104 cm³/mol. The maximum absolute atomic E-state index is 4.69. The van der Waals surface area contributed by atoms with Crippen molar-refractivity contribution in [3.05, 3.63) is 48.9 Å². The number of aromatic nitrogens is 4.